The van der Waals surface area contributed by atoms with Gasteiger partial charge in [-0.05, 0) is 24.1 Å². The molecule has 0 saturated heterocycles. The van der Waals surface area contributed by atoms with Crippen molar-refractivity contribution in [3.05, 3.63) is 23.2 Å². The van der Waals surface area contributed by atoms with E-state index >= 15 is 0 Å². The minimum Gasteiger partial charge on any atom is -0.266 e. The highest BCUT2D eigenvalue weighted by atomic mass is 32.1. The zero-order chi connectivity index (χ0) is 7.40. The van der Waals surface area contributed by atoms with Gasteiger partial charge < -0.3 is 0 Å². The van der Waals surface area contributed by atoms with E-state index in [1.165, 1.54) is 0 Å². The first-order valence-corrected chi connectivity index (χ1v) is 4.09. The van der Waals surface area contributed by atoms with Crippen LogP contribution in [0.25, 0.3) is 0 Å². The van der Waals surface area contributed by atoms with E-state index in [1.54, 1.807) is 6.07 Å². The van der Waals surface area contributed by atoms with Gasteiger partial charge in [0.25, 0.3) is 5.91 Å². The number of aliphatic imine (C=N–C) groups is 1. The molecule has 0 aliphatic carbocycles. The van der Waals surface area contributed by atoms with Crippen LogP contribution in [0.15, 0.2) is 22.9 Å². The number of thiocarbonyl (C=S) groups is 1. The third-order valence-corrected chi connectivity index (χ3v) is 2.12. The molecule has 0 aromatic carbocycles. The second-order valence-corrected chi connectivity index (χ2v) is 2.94. The second kappa shape index (κ2) is 3.43. The molecule has 1 amide bonds. The maximum absolute atomic E-state index is 10.8. The zero-order valence-electron chi connectivity index (χ0n) is 5.00. The van der Waals surface area contributed by atoms with Crippen LogP contribution in [0.5, 0.6) is 0 Å². The number of amides is 1. The lowest BCUT2D eigenvalue weighted by Crippen LogP contribution is -1.86. The smallest absolute Gasteiger partial charge is 0.266 e. The molecule has 4 heteroatoms. The molecule has 10 heavy (non-hydrogen) atoms. The van der Waals surface area contributed by atoms with Crippen LogP contribution < -0.4 is 0 Å². The number of hydrogen-bond donors (Lipinski definition) is 0. The fourth-order valence-electron chi connectivity index (χ4n) is 0.565. The minimum absolute atomic E-state index is 0.265. The molecule has 50 valence electrons. The third kappa shape index (κ3) is 1.61. The van der Waals surface area contributed by atoms with E-state index in [0.29, 0.717) is 13.5 Å². The highest BCUT2D eigenvalue weighted by Gasteiger charge is 2.00. The second-order valence-electron chi connectivity index (χ2n) is 1.59. The van der Waals surface area contributed by atoms with Crippen LogP contribution in [0, 0.1) is 0 Å². The van der Waals surface area contributed by atoms with Gasteiger partial charge in [-0.3, -0.25) is 4.79 Å². The molecule has 0 aliphatic rings. The van der Waals surface area contributed by atoms with Crippen molar-refractivity contribution in [2.45, 2.75) is 0 Å². The summed E-state index contributed by atoms with van der Waals surface area (Å²) in [7, 11) is 0.441. The van der Waals surface area contributed by atoms with Crippen molar-refractivity contribution in [2.24, 2.45) is 4.99 Å². The van der Waals surface area contributed by atoms with Gasteiger partial charge in [0.15, 0.2) is 0 Å². The van der Waals surface area contributed by atoms with Gasteiger partial charge in [0, 0.05) is 0 Å². The number of hydrogen-bond acceptors (Lipinski definition) is 2. The summed E-state index contributed by atoms with van der Waals surface area (Å²) in [5.41, 5.74) is 0. The van der Waals surface area contributed by atoms with Crippen LogP contribution in [0.2, 0.25) is 0 Å². The van der Waals surface area contributed by atoms with Gasteiger partial charge in [0.1, 0.15) is 0 Å². The zero-order valence-corrected chi connectivity index (χ0v) is 6.81. The lowest BCUT2D eigenvalue weighted by molar-refractivity contribution is 0.101. The van der Waals surface area contributed by atoms with Crippen molar-refractivity contribution in [3.8, 4) is 0 Å². The normalized spacial score (nSPS) is 9.20. The van der Waals surface area contributed by atoms with Crippen molar-refractivity contribution in [1.29, 1.82) is 0 Å². The molecule has 0 radical (unpaired) electrons. The summed E-state index contributed by atoms with van der Waals surface area (Å²) >= 11 is 4.28. The summed E-state index contributed by atoms with van der Waals surface area (Å²) in [6.07, 6.45) is 0. The largest absolute Gasteiger partial charge is 0.289 e. The molecule has 0 bridgehead atoms. The molecular weight excluding hydrogens is 165 g/mol. The molecule has 1 unspecified atom stereocenters. The fourth-order valence-corrected chi connectivity index (χ4v) is 1.39. The summed E-state index contributed by atoms with van der Waals surface area (Å²) in [5.74, 6) is 1.66. The number of rotatable bonds is 1. The van der Waals surface area contributed by atoms with Crippen LogP contribution in [-0.4, -0.2) is 11.1 Å². The summed E-state index contributed by atoms with van der Waals surface area (Å²) in [5, 5.41) is 2.74. The van der Waals surface area contributed by atoms with Gasteiger partial charge in [-0.1, -0.05) is 6.07 Å². The number of nitrogens with zero attached hydrogens (tertiary/aromatic N) is 1. The standard InChI is InChI=1S/C6H4NOPS/c8-6(7-4-10)5-2-1-3-9-5/h1-3,9H. The van der Waals surface area contributed by atoms with Crippen molar-refractivity contribution in [2.75, 3.05) is 0 Å². The van der Waals surface area contributed by atoms with E-state index in [4.69, 9.17) is 0 Å². The van der Waals surface area contributed by atoms with E-state index in [9.17, 15) is 4.79 Å². The quantitative estimate of drug-likeness (QED) is 0.475. The lowest BCUT2D eigenvalue weighted by Gasteiger charge is -1.81. The Morgan fingerprint density at radius 3 is 3.10 bits per heavy atom. The molecule has 1 aromatic heterocycles. The number of carbonyl (C=O) groups excluding carboxylic acids is 1. The van der Waals surface area contributed by atoms with Crippen LogP contribution >= 0.6 is 20.4 Å². The first-order chi connectivity index (χ1) is 4.84. The van der Waals surface area contributed by atoms with Crippen LogP contribution in [0.1, 0.15) is 10.1 Å². The molecule has 0 aliphatic heterocycles. The van der Waals surface area contributed by atoms with E-state index in [0.717, 1.165) is 0 Å². The first-order valence-electron chi connectivity index (χ1n) is 2.60. The molecule has 1 heterocycles. The van der Waals surface area contributed by atoms with E-state index in [2.05, 4.69) is 17.2 Å². The molecule has 2 nitrogen and oxygen atoms in total. The topological polar surface area (TPSA) is 29.4 Å². The van der Waals surface area contributed by atoms with Gasteiger partial charge in [-0.15, -0.1) is 8.19 Å². The van der Waals surface area contributed by atoms with Crippen molar-refractivity contribution < 1.29 is 4.79 Å². The van der Waals surface area contributed by atoms with Crippen molar-refractivity contribution >= 4 is 31.5 Å². The molecule has 0 spiro atoms. The van der Waals surface area contributed by atoms with Crippen LogP contribution in [0.3, 0.4) is 0 Å². The first kappa shape index (κ1) is 7.36. The predicted molar refractivity (Wildman–Crippen MR) is 45.3 cm³/mol. The average molecular weight is 169 g/mol. The van der Waals surface area contributed by atoms with Gasteiger partial charge in [-0.25, -0.2) is 0 Å². The summed E-state index contributed by atoms with van der Waals surface area (Å²) in [6, 6.07) is 3.58. The Morgan fingerprint density at radius 1 is 1.80 bits per heavy atom. The number of isothiocyanates is 1. The van der Waals surface area contributed by atoms with Gasteiger partial charge >= 0.3 is 0 Å². The van der Waals surface area contributed by atoms with E-state index in [-0.39, 0.29) is 5.91 Å². The fraction of sp³-hybridized carbons (Fsp3) is 0. The summed E-state index contributed by atoms with van der Waals surface area (Å²) in [4.78, 5) is 14.2. The SMILES string of the molecule is O=C(N=C=S)c1ccc[pH]1. The maximum Gasteiger partial charge on any atom is 0.289 e. The van der Waals surface area contributed by atoms with Crippen LogP contribution in [-0.2, 0) is 0 Å². The molecule has 0 saturated carbocycles. The summed E-state index contributed by atoms with van der Waals surface area (Å²) in [6.45, 7) is 0. The van der Waals surface area contributed by atoms with Gasteiger partial charge in [0.05, 0.1) is 10.5 Å². The monoisotopic (exact) mass is 169 g/mol. The molecule has 0 N–H and O–H groups in total. The van der Waals surface area contributed by atoms with Gasteiger partial charge in [0.2, 0.25) is 0 Å². The lowest BCUT2D eigenvalue weighted by atomic mass is 10.5. The third-order valence-electron chi connectivity index (χ3n) is 0.976. The van der Waals surface area contributed by atoms with Crippen molar-refractivity contribution in [3.63, 3.8) is 0 Å². The highest BCUT2D eigenvalue weighted by Crippen LogP contribution is 2.14. The van der Waals surface area contributed by atoms with E-state index < -0.39 is 0 Å². The maximum atomic E-state index is 10.8. The number of carbonyl (C=O) groups is 1. The Kier molecular flexibility index (Phi) is 2.52. The van der Waals surface area contributed by atoms with Crippen LogP contribution in [0.4, 0.5) is 0 Å². The Morgan fingerprint density at radius 2 is 2.60 bits per heavy atom. The Labute approximate surface area is 65.1 Å². The Balaban J connectivity index is 2.87. The van der Waals surface area contributed by atoms with Crippen molar-refractivity contribution in [1.82, 2.24) is 0 Å². The molecule has 1 rings (SSSR count). The van der Waals surface area contributed by atoms with E-state index in [1.807, 2.05) is 17.0 Å². The summed E-state index contributed by atoms with van der Waals surface area (Å²) < 4.78 is 0. The Hall–Kier alpha value is -0.750. The van der Waals surface area contributed by atoms with Gasteiger partial charge in [-0.2, -0.15) is 4.99 Å². The highest BCUT2D eigenvalue weighted by molar-refractivity contribution is 7.78. The Bertz CT molecular complexity index is 274. The molecular formula is C6H4NOPS. The molecule has 0 fully saturated rings. The molecule has 1 atom stereocenters. The predicted octanol–water partition coefficient (Wildman–Crippen LogP) is 1.96. The molecule has 1 aromatic rings. The average Bonchev–Trinajstić information content (AvgIpc) is 2.38. The minimum atomic E-state index is -0.265.